The molecule has 0 aliphatic heterocycles. The molecule has 1 unspecified atom stereocenters. The van der Waals surface area contributed by atoms with Gasteiger partial charge in [-0.15, -0.1) is 0 Å². The quantitative estimate of drug-likeness (QED) is 0.822. The molecular weight excluding hydrogens is 229 g/mol. The minimum Gasteiger partial charge on any atom is -0.320 e. The second-order valence-corrected chi connectivity index (χ2v) is 4.02. The number of rotatable bonds is 3. The number of alkyl halides is 2. The molecule has 0 aromatic carbocycles. The van der Waals surface area contributed by atoms with Crippen LogP contribution < -0.4 is 5.73 Å². The van der Waals surface area contributed by atoms with Crippen LogP contribution in [0.5, 0.6) is 0 Å². The Balaban J connectivity index is 2.94. The zero-order valence-corrected chi connectivity index (χ0v) is 8.73. The van der Waals surface area contributed by atoms with Gasteiger partial charge >= 0.3 is 0 Å². The fraction of sp³-hybridized carbons (Fsp3) is 0.444. The summed E-state index contributed by atoms with van der Waals surface area (Å²) in [7, 11) is 0. The van der Waals surface area contributed by atoms with Crippen molar-refractivity contribution in [3.63, 3.8) is 0 Å². The number of halogens is 4. The Kier molecular flexibility index (Phi) is 3.57. The maximum atomic E-state index is 13.1. The first-order chi connectivity index (χ1) is 6.83. The molecule has 0 aliphatic rings. The summed E-state index contributed by atoms with van der Waals surface area (Å²) in [4.78, 5) is 3.32. The molecule has 84 valence electrons. The molecular formula is C9H10ClF3N2. The predicted octanol–water partition coefficient (Wildman–Crippen LogP) is 2.40. The van der Waals surface area contributed by atoms with E-state index in [4.69, 9.17) is 17.3 Å². The first-order valence-corrected chi connectivity index (χ1v) is 4.57. The van der Waals surface area contributed by atoms with Crippen LogP contribution >= 0.6 is 11.6 Å². The van der Waals surface area contributed by atoms with Crippen LogP contribution in [0.15, 0.2) is 12.3 Å². The first-order valence-electron chi connectivity index (χ1n) is 4.20. The monoisotopic (exact) mass is 238 g/mol. The Morgan fingerprint density at radius 3 is 2.73 bits per heavy atom. The molecule has 0 amide bonds. The number of aromatic nitrogens is 1. The lowest BCUT2D eigenvalue weighted by atomic mass is 9.95. The second kappa shape index (κ2) is 4.37. The number of nitrogens with two attached hydrogens (primary N) is 1. The number of pyridine rings is 1. The van der Waals surface area contributed by atoms with Gasteiger partial charge in [-0.1, -0.05) is 11.6 Å². The second-order valence-electron chi connectivity index (χ2n) is 3.59. The minimum atomic E-state index is -2.74. The lowest BCUT2D eigenvalue weighted by Crippen LogP contribution is -2.46. The Morgan fingerprint density at radius 1 is 1.60 bits per heavy atom. The van der Waals surface area contributed by atoms with Crippen LogP contribution in [-0.4, -0.2) is 16.9 Å². The van der Waals surface area contributed by atoms with Gasteiger partial charge in [-0.2, -0.15) is 4.39 Å². The Labute approximate surface area is 90.3 Å². The van der Waals surface area contributed by atoms with Crippen molar-refractivity contribution in [2.45, 2.75) is 25.3 Å². The number of nitrogens with zero attached hydrogens (tertiary/aromatic N) is 1. The van der Waals surface area contributed by atoms with E-state index in [1.165, 1.54) is 6.07 Å². The highest BCUT2D eigenvalue weighted by Gasteiger charge is 2.31. The molecule has 1 atom stereocenters. The van der Waals surface area contributed by atoms with Crippen LogP contribution in [0.2, 0.25) is 5.02 Å². The van der Waals surface area contributed by atoms with E-state index in [0.29, 0.717) is 0 Å². The lowest BCUT2D eigenvalue weighted by molar-refractivity contribution is 0.0634. The van der Waals surface area contributed by atoms with Gasteiger partial charge < -0.3 is 5.73 Å². The standard InChI is InChI=1S/C9H10ClF3N2/c1-9(14,8(12)13)3-5-2-6(10)4-15-7(5)11/h2,4,8H,3,14H2,1H3. The van der Waals surface area contributed by atoms with Gasteiger partial charge in [0.25, 0.3) is 6.43 Å². The van der Waals surface area contributed by atoms with E-state index < -0.39 is 17.9 Å². The van der Waals surface area contributed by atoms with E-state index in [1.54, 1.807) is 0 Å². The molecule has 0 saturated carbocycles. The van der Waals surface area contributed by atoms with Gasteiger partial charge in [-0.3, -0.25) is 0 Å². The molecule has 2 nitrogen and oxygen atoms in total. The van der Waals surface area contributed by atoms with Crippen molar-refractivity contribution in [2.75, 3.05) is 0 Å². The van der Waals surface area contributed by atoms with Crippen LogP contribution in [0, 0.1) is 5.95 Å². The molecule has 0 saturated heterocycles. The molecule has 0 spiro atoms. The molecule has 1 heterocycles. The van der Waals surface area contributed by atoms with Crippen molar-refractivity contribution in [1.29, 1.82) is 0 Å². The van der Waals surface area contributed by atoms with Crippen molar-refractivity contribution in [1.82, 2.24) is 4.98 Å². The highest BCUT2D eigenvalue weighted by atomic mass is 35.5. The number of hydrogen-bond acceptors (Lipinski definition) is 2. The van der Waals surface area contributed by atoms with Crippen molar-refractivity contribution < 1.29 is 13.2 Å². The van der Waals surface area contributed by atoms with Gasteiger partial charge in [0.1, 0.15) is 0 Å². The third-order valence-electron chi connectivity index (χ3n) is 1.95. The molecule has 6 heteroatoms. The van der Waals surface area contributed by atoms with Crippen LogP contribution in [0.1, 0.15) is 12.5 Å². The smallest absolute Gasteiger partial charge is 0.256 e. The van der Waals surface area contributed by atoms with Crippen molar-refractivity contribution in [3.8, 4) is 0 Å². The van der Waals surface area contributed by atoms with Gasteiger partial charge in [-0.05, 0) is 13.0 Å². The largest absolute Gasteiger partial charge is 0.320 e. The minimum absolute atomic E-state index is 0.00667. The van der Waals surface area contributed by atoms with E-state index in [-0.39, 0.29) is 17.0 Å². The van der Waals surface area contributed by atoms with Gasteiger partial charge in [0.2, 0.25) is 5.95 Å². The molecule has 0 aliphatic carbocycles. The molecule has 1 rings (SSSR count). The predicted molar refractivity (Wildman–Crippen MR) is 51.5 cm³/mol. The molecule has 15 heavy (non-hydrogen) atoms. The SMILES string of the molecule is CC(N)(Cc1cc(Cl)cnc1F)C(F)F. The fourth-order valence-corrected chi connectivity index (χ4v) is 1.26. The average Bonchev–Trinajstić information content (AvgIpc) is 2.10. The van der Waals surface area contributed by atoms with E-state index in [9.17, 15) is 13.2 Å². The van der Waals surface area contributed by atoms with Gasteiger partial charge in [-0.25, -0.2) is 13.8 Å². The van der Waals surface area contributed by atoms with Crippen LogP contribution in [-0.2, 0) is 6.42 Å². The maximum Gasteiger partial charge on any atom is 0.256 e. The first kappa shape index (κ1) is 12.3. The fourth-order valence-electron chi connectivity index (χ4n) is 1.08. The lowest BCUT2D eigenvalue weighted by Gasteiger charge is -2.23. The van der Waals surface area contributed by atoms with Crippen molar-refractivity contribution >= 4 is 11.6 Å². The molecule has 1 aromatic rings. The zero-order chi connectivity index (χ0) is 11.6. The molecule has 0 radical (unpaired) electrons. The summed E-state index contributed by atoms with van der Waals surface area (Å²) in [6.45, 7) is 1.15. The zero-order valence-electron chi connectivity index (χ0n) is 7.98. The van der Waals surface area contributed by atoms with E-state index in [2.05, 4.69) is 4.98 Å². The summed E-state index contributed by atoms with van der Waals surface area (Å²) in [5, 5.41) is 0.191. The van der Waals surface area contributed by atoms with E-state index >= 15 is 0 Å². The van der Waals surface area contributed by atoms with Crippen molar-refractivity contribution in [3.05, 3.63) is 28.8 Å². The summed E-state index contributed by atoms with van der Waals surface area (Å²) >= 11 is 5.57. The molecule has 0 fully saturated rings. The van der Waals surface area contributed by atoms with Gasteiger partial charge in [0, 0.05) is 18.2 Å². The maximum absolute atomic E-state index is 13.1. The third-order valence-corrected chi connectivity index (χ3v) is 2.15. The van der Waals surface area contributed by atoms with Crippen LogP contribution in [0.25, 0.3) is 0 Å². The summed E-state index contributed by atoms with van der Waals surface area (Å²) < 4.78 is 38.0. The third kappa shape index (κ3) is 3.07. The van der Waals surface area contributed by atoms with Gasteiger partial charge in [0.15, 0.2) is 0 Å². The Bertz CT molecular complexity index is 355. The van der Waals surface area contributed by atoms with Crippen molar-refractivity contribution in [2.24, 2.45) is 5.73 Å². The topological polar surface area (TPSA) is 38.9 Å². The Hall–Kier alpha value is -0.810. The summed E-state index contributed by atoms with van der Waals surface area (Å²) in [6.07, 6.45) is -1.95. The van der Waals surface area contributed by atoms with Crippen LogP contribution in [0.4, 0.5) is 13.2 Å². The molecule has 2 N–H and O–H groups in total. The summed E-state index contributed by atoms with van der Waals surface area (Å²) in [5.41, 5.74) is 3.53. The van der Waals surface area contributed by atoms with Gasteiger partial charge in [0.05, 0.1) is 10.6 Å². The summed E-state index contributed by atoms with van der Waals surface area (Å²) in [5.74, 6) is -0.822. The normalized spacial score (nSPS) is 15.4. The summed E-state index contributed by atoms with van der Waals surface area (Å²) in [6, 6.07) is 1.25. The number of hydrogen-bond donors (Lipinski definition) is 1. The van der Waals surface area contributed by atoms with E-state index in [0.717, 1.165) is 13.1 Å². The average molecular weight is 239 g/mol. The van der Waals surface area contributed by atoms with Crippen LogP contribution in [0.3, 0.4) is 0 Å². The van der Waals surface area contributed by atoms with E-state index in [1.807, 2.05) is 0 Å². The highest BCUT2D eigenvalue weighted by molar-refractivity contribution is 6.30. The molecule has 0 bridgehead atoms. The Morgan fingerprint density at radius 2 is 2.20 bits per heavy atom. The highest BCUT2D eigenvalue weighted by Crippen LogP contribution is 2.21. The molecule has 1 aromatic heterocycles.